The van der Waals surface area contributed by atoms with Crippen LogP contribution in [0, 0.1) is 0 Å². The summed E-state index contributed by atoms with van der Waals surface area (Å²) in [4.78, 5) is 48.0. The zero-order chi connectivity index (χ0) is 18.7. The van der Waals surface area contributed by atoms with E-state index in [1.54, 1.807) is 22.7 Å². The molecule has 10 nitrogen and oxygen atoms in total. The highest BCUT2D eigenvalue weighted by atomic mass is 32.1. The zero-order valence-electron chi connectivity index (χ0n) is 12.1. The molecule has 2 rings (SSSR count). The molecule has 0 radical (unpaired) electrons. The van der Waals surface area contributed by atoms with E-state index in [0.717, 1.165) is 11.1 Å². The first-order valence-electron chi connectivity index (χ1n) is 5.68. The molecule has 0 fully saturated rings. The number of carbonyl (C=O) groups is 5. The van der Waals surface area contributed by atoms with E-state index in [4.69, 9.17) is 39.6 Å². The Morgan fingerprint density at radius 1 is 0.640 bits per heavy atom. The number of thiophene rings is 2. The molecular formula is C13H12O10S2. The molecule has 25 heavy (non-hydrogen) atoms. The zero-order valence-corrected chi connectivity index (χ0v) is 13.7. The van der Waals surface area contributed by atoms with Gasteiger partial charge in [0.2, 0.25) is 0 Å². The molecule has 0 unspecified atom stereocenters. The van der Waals surface area contributed by atoms with Crippen LogP contribution in [0.25, 0.3) is 0 Å². The van der Waals surface area contributed by atoms with E-state index in [1.807, 2.05) is 33.7 Å². The average Bonchev–Trinajstić information content (AvgIpc) is 3.21. The third-order valence-corrected chi connectivity index (χ3v) is 3.30. The number of carbonyl (C=O) groups excluding carboxylic acids is 1. The molecule has 2 aromatic rings. The van der Waals surface area contributed by atoms with Gasteiger partial charge in [-0.2, -0.15) is 22.7 Å². The van der Waals surface area contributed by atoms with E-state index in [1.165, 1.54) is 0 Å². The number of rotatable bonds is 2. The monoisotopic (exact) mass is 392 g/mol. The smallest absolute Gasteiger partial charge is 0.414 e. The molecule has 0 amide bonds. The van der Waals surface area contributed by atoms with Crippen LogP contribution in [0.4, 0.5) is 0 Å². The predicted molar refractivity (Wildman–Crippen MR) is 86.2 cm³/mol. The molecule has 0 bridgehead atoms. The quantitative estimate of drug-likeness (QED) is 0.415. The summed E-state index contributed by atoms with van der Waals surface area (Å²) < 4.78 is 0. The van der Waals surface area contributed by atoms with Gasteiger partial charge >= 0.3 is 23.9 Å². The molecule has 0 saturated heterocycles. The van der Waals surface area contributed by atoms with E-state index in [9.17, 15) is 4.79 Å². The Kier molecular flexibility index (Phi) is 11.9. The maximum Gasteiger partial charge on any atom is 0.414 e. The van der Waals surface area contributed by atoms with Gasteiger partial charge in [0, 0.05) is 21.9 Å². The Hall–Kier alpha value is -3.09. The van der Waals surface area contributed by atoms with Gasteiger partial charge in [-0.15, -0.1) is 0 Å². The minimum Gasteiger partial charge on any atom is -0.473 e. The summed E-state index contributed by atoms with van der Waals surface area (Å²) in [7, 11) is 0. The fourth-order valence-electron chi connectivity index (χ4n) is 0.954. The number of hydrogen-bond donors (Lipinski definition) is 4. The molecule has 0 spiro atoms. The second kappa shape index (κ2) is 12.3. The van der Waals surface area contributed by atoms with Crippen LogP contribution < -0.4 is 0 Å². The van der Waals surface area contributed by atoms with Gasteiger partial charge in [0.05, 0.1) is 0 Å². The number of ketones is 1. The minimum absolute atomic E-state index is 0. The Bertz CT molecular complexity index is 619. The third kappa shape index (κ3) is 10.3. The second-order valence-corrected chi connectivity index (χ2v) is 5.13. The molecule has 0 aliphatic rings. The molecule has 136 valence electrons. The van der Waals surface area contributed by atoms with Gasteiger partial charge in [0.15, 0.2) is 5.78 Å². The van der Waals surface area contributed by atoms with Crippen molar-refractivity contribution in [3.05, 3.63) is 44.8 Å². The first kappa shape index (κ1) is 24.2. The molecular weight excluding hydrogens is 380 g/mol. The van der Waals surface area contributed by atoms with Crippen LogP contribution in [0.15, 0.2) is 33.7 Å². The van der Waals surface area contributed by atoms with Crippen molar-refractivity contribution in [1.82, 2.24) is 0 Å². The molecule has 0 aliphatic carbocycles. The van der Waals surface area contributed by atoms with Crippen molar-refractivity contribution in [3.63, 3.8) is 0 Å². The fraction of sp³-hybridized carbons (Fsp3) is 0. The van der Waals surface area contributed by atoms with Crippen LogP contribution in [-0.2, 0) is 19.2 Å². The summed E-state index contributed by atoms with van der Waals surface area (Å²) in [5.41, 5.74) is 1.58. The van der Waals surface area contributed by atoms with Crippen LogP contribution in [-0.4, -0.2) is 55.6 Å². The lowest BCUT2D eigenvalue weighted by atomic mass is 10.1. The second-order valence-electron chi connectivity index (χ2n) is 3.57. The Morgan fingerprint density at radius 3 is 1.08 bits per heavy atom. The van der Waals surface area contributed by atoms with E-state index in [-0.39, 0.29) is 11.3 Å². The van der Waals surface area contributed by atoms with Gasteiger partial charge in [-0.1, -0.05) is 0 Å². The van der Waals surface area contributed by atoms with Gasteiger partial charge in [0.1, 0.15) is 0 Å². The molecule has 0 saturated carbocycles. The Labute approximate surface area is 147 Å². The van der Waals surface area contributed by atoms with Crippen LogP contribution in [0.5, 0.6) is 0 Å². The molecule has 0 aromatic carbocycles. The fourth-order valence-corrected chi connectivity index (χ4v) is 2.23. The number of carboxylic acid groups (broad SMARTS) is 4. The van der Waals surface area contributed by atoms with Crippen molar-refractivity contribution >= 4 is 52.3 Å². The molecule has 0 aliphatic heterocycles. The van der Waals surface area contributed by atoms with Crippen molar-refractivity contribution in [3.8, 4) is 0 Å². The van der Waals surface area contributed by atoms with Gasteiger partial charge in [-0.3, -0.25) is 4.79 Å². The van der Waals surface area contributed by atoms with Crippen molar-refractivity contribution in [1.29, 1.82) is 0 Å². The summed E-state index contributed by atoms with van der Waals surface area (Å²) in [5, 5.41) is 37.1. The lowest BCUT2D eigenvalue weighted by Crippen LogP contribution is -2.09. The van der Waals surface area contributed by atoms with Gasteiger partial charge in [0.25, 0.3) is 0 Å². The summed E-state index contributed by atoms with van der Waals surface area (Å²) >= 11 is 3.10. The highest BCUT2D eigenvalue weighted by molar-refractivity contribution is 7.08. The minimum atomic E-state index is -1.82. The van der Waals surface area contributed by atoms with E-state index >= 15 is 0 Å². The van der Waals surface area contributed by atoms with Crippen LogP contribution >= 0.6 is 22.7 Å². The van der Waals surface area contributed by atoms with Crippen molar-refractivity contribution < 1.29 is 49.9 Å². The first-order chi connectivity index (χ1) is 11.2. The molecule has 12 heteroatoms. The van der Waals surface area contributed by atoms with Gasteiger partial charge < -0.3 is 25.9 Å². The lowest BCUT2D eigenvalue weighted by Gasteiger charge is -1.90. The normalized spacial score (nSPS) is 8.32. The predicted octanol–water partition coefficient (Wildman–Crippen LogP) is 0.527. The maximum absolute atomic E-state index is 11.6. The van der Waals surface area contributed by atoms with E-state index < -0.39 is 23.9 Å². The third-order valence-electron chi connectivity index (χ3n) is 1.93. The lowest BCUT2D eigenvalue weighted by molar-refractivity contribution is -0.159. The summed E-state index contributed by atoms with van der Waals surface area (Å²) in [6.45, 7) is 0. The van der Waals surface area contributed by atoms with Crippen LogP contribution in [0.1, 0.15) is 15.9 Å². The van der Waals surface area contributed by atoms with Crippen LogP contribution in [0.3, 0.4) is 0 Å². The highest BCUT2D eigenvalue weighted by Gasteiger charge is 2.08. The Balaban J connectivity index is 0. The van der Waals surface area contributed by atoms with Crippen molar-refractivity contribution in [2.45, 2.75) is 0 Å². The van der Waals surface area contributed by atoms with Crippen molar-refractivity contribution in [2.24, 2.45) is 0 Å². The van der Waals surface area contributed by atoms with Gasteiger partial charge in [-0.25, -0.2) is 19.2 Å². The molecule has 0 atom stereocenters. The topological polar surface area (TPSA) is 198 Å². The van der Waals surface area contributed by atoms with Gasteiger partial charge in [-0.05, 0) is 22.9 Å². The maximum atomic E-state index is 11.6. The SMILES string of the molecule is O.O=C(O)C(=O)O.O=C(O)C(=O)O.O=C(c1ccsc1)c1ccsc1. The Morgan fingerprint density at radius 2 is 0.920 bits per heavy atom. The van der Waals surface area contributed by atoms with E-state index in [0.29, 0.717) is 0 Å². The van der Waals surface area contributed by atoms with Crippen molar-refractivity contribution in [2.75, 3.05) is 0 Å². The number of aliphatic carboxylic acids is 4. The largest absolute Gasteiger partial charge is 0.473 e. The number of carboxylic acids is 4. The molecule has 2 aromatic heterocycles. The number of hydrogen-bond acceptors (Lipinski definition) is 7. The first-order valence-corrected chi connectivity index (χ1v) is 7.56. The summed E-state index contributed by atoms with van der Waals surface area (Å²) in [6, 6.07) is 3.70. The van der Waals surface area contributed by atoms with E-state index in [2.05, 4.69) is 0 Å². The summed E-state index contributed by atoms with van der Waals surface area (Å²) in [5.74, 6) is -7.17. The molecule has 2 heterocycles. The standard InChI is InChI=1S/C9H6OS2.2C2H2O4.H2O/c10-9(7-1-3-11-5-7)8-2-4-12-6-8;2*3-1(4)2(5)6;/h1-6H;2*(H,3,4)(H,5,6);1H2. The molecule has 6 N–H and O–H groups in total. The van der Waals surface area contributed by atoms with Crippen LogP contribution in [0.2, 0.25) is 0 Å². The highest BCUT2D eigenvalue weighted by Crippen LogP contribution is 2.14. The average molecular weight is 392 g/mol. The summed E-state index contributed by atoms with van der Waals surface area (Å²) in [6.07, 6.45) is 0.